The van der Waals surface area contributed by atoms with E-state index in [1.54, 1.807) is 0 Å². The summed E-state index contributed by atoms with van der Waals surface area (Å²) < 4.78 is 11.1. The minimum Gasteiger partial charge on any atom is -0.389 e. The third kappa shape index (κ3) is 5.08. The molecule has 0 radical (unpaired) electrons. The highest BCUT2D eigenvalue weighted by molar-refractivity contribution is 5.20. The molecule has 1 aliphatic rings. The normalized spacial score (nSPS) is 20.4. The van der Waals surface area contributed by atoms with E-state index in [1.807, 2.05) is 0 Å². The number of hydrogen-bond donors (Lipinski definition) is 1. The van der Waals surface area contributed by atoms with Crippen molar-refractivity contribution in [3.8, 4) is 0 Å². The van der Waals surface area contributed by atoms with Gasteiger partial charge in [0, 0.05) is 18.6 Å². The van der Waals surface area contributed by atoms with Crippen LogP contribution in [0.5, 0.6) is 0 Å². The first-order chi connectivity index (χ1) is 9.97. The van der Waals surface area contributed by atoms with Crippen molar-refractivity contribution in [3.05, 3.63) is 35.4 Å². The van der Waals surface area contributed by atoms with E-state index in [1.165, 1.54) is 5.56 Å². The van der Waals surface area contributed by atoms with Crippen LogP contribution in [-0.4, -0.2) is 54.6 Å². The van der Waals surface area contributed by atoms with Gasteiger partial charge in [-0.3, -0.25) is 4.90 Å². The molecule has 21 heavy (non-hydrogen) atoms. The van der Waals surface area contributed by atoms with Crippen LogP contribution in [0.4, 0.5) is 0 Å². The maximum atomic E-state index is 10.1. The molecule has 118 valence electrons. The second kappa shape index (κ2) is 7.36. The Balaban J connectivity index is 1.72. The number of ether oxygens (including phenoxy) is 2. The predicted molar refractivity (Wildman–Crippen MR) is 83.3 cm³/mol. The number of aliphatic hydroxyl groups excluding tert-OH is 1. The molecule has 0 spiro atoms. The number of aryl methyl sites for hydroxylation is 1. The molecular weight excluding hydrogens is 266 g/mol. The van der Waals surface area contributed by atoms with E-state index < -0.39 is 6.10 Å². The van der Waals surface area contributed by atoms with Gasteiger partial charge in [0.05, 0.1) is 32.5 Å². The molecular formula is C17H27NO3. The van der Waals surface area contributed by atoms with Gasteiger partial charge in [0.1, 0.15) is 0 Å². The van der Waals surface area contributed by atoms with Gasteiger partial charge in [0.15, 0.2) is 0 Å². The molecule has 1 heterocycles. The van der Waals surface area contributed by atoms with E-state index in [2.05, 4.69) is 49.9 Å². The largest absolute Gasteiger partial charge is 0.389 e. The Morgan fingerprint density at radius 1 is 1.33 bits per heavy atom. The van der Waals surface area contributed by atoms with Gasteiger partial charge >= 0.3 is 0 Å². The summed E-state index contributed by atoms with van der Waals surface area (Å²) in [6.45, 7) is 10.2. The van der Waals surface area contributed by atoms with Crippen LogP contribution >= 0.6 is 0 Å². The van der Waals surface area contributed by atoms with Crippen LogP contribution in [-0.2, 0) is 16.1 Å². The fourth-order valence-corrected chi connectivity index (χ4v) is 2.53. The average molecular weight is 293 g/mol. The Labute approximate surface area is 127 Å². The molecule has 1 saturated heterocycles. The number of hydrogen-bond acceptors (Lipinski definition) is 4. The molecule has 1 atom stereocenters. The fourth-order valence-electron chi connectivity index (χ4n) is 2.53. The molecule has 0 saturated carbocycles. The summed E-state index contributed by atoms with van der Waals surface area (Å²) in [6, 6.07) is 8.27. The Bertz CT molecular complexity index is 430. The summed E-state index contributed by atoms with van der Waals surface area (Å²) in [6.07, 6.45) is -0.465. The Morgan fingerprint density at radius 3 is 2.71 bits per heavy atom. The number of β-amino-alcohol motifs (C(OH)–C–C–N with tert-alkyl or cyclic N) is 1. The molecule has 4 nitrogen and oxygen atoms in total. The van der Waals surface area contributed by atoms with Crippen molar-refractivity contribution in [2.75, 3.05) is 32.9 Å². The van der Waals surface area contributed by atoms with Gasteiger partial charge in [-0.2, -0.15) is 0 Å². The number of benzene rings is 1. The molecule has 0 amide bonds. The summed E-state index contributed by atoms with van der Waals surface area (Å²) in [5.74, 6) is 0. The lowest BCUT2D eigenvalue weighted by molar-refractivity contribution is -0.0770. The molecule has 1 N–H and O–H groups in total. The predicted octanol–water partition coefficient (Wildman–Crippen LogP) is 1.98. The first-order valence-corrected chi connectivity index (χ1v) is 7.61. The van der Waals surface area contributed by atoms with Gasteiger partial charge in [-0.05, 0) is 26.3 Å². The zero-order valence-corrected chi connectivity index (χ0v) is 13.3. The van der Waals surface area contributed by atoms with Crippen molar-refractivity contribution in [3.63, 3.8) is 0 Å². The standard InChI is InChI=1S/C17H27NO3/c1-14-4-6-15(7-5-14)11-21-12-16(19)10-18-8-9-20-13-17(18,2)3/h4-7,16,19H,8-13H2,1-3H3. The first kappa shape index (κ1) is 16.4. The minimum absolute atomic E-state index is 0.0177. The van der Waals surface area contributed by atoms with Gasteiger partial charge in [-0.15, -0.1) is 0 Å². The summed E-state index contributed by atoms with van der Waals surface area (Å²) in [5, 5.41) is 10.1. The third-order valence-electron chi connectivity index (χ3n) is 3.95. The maximum absolute atomic E-state index is 10.1. The Hall–Kier alpha value is -0.940. The lowest BCUT2D eigenvalue weighted by Gasteiger charge is -2.42. The van der Waals surface area contributed by atoms with Crippen molar-refractivity contribution >= 4 is 0 Å². The van der Waals surface area contributed by atoms with E-state index in [-0.39, 0.29) is 5.54 Å². The summed E-state index contributed by atoms with van der Waals surface area (Å²) in [4.78, 5) is 2.27. The SMILES string of the molecule is Cc1ccc(COCC(O)CN2CCOCC2(C)C)cc1. The van der Waals surface area contributed by atoms with Crippen LogP contribution < -0.4 is 0 Å². The third-order valence-corrected chi connectivity index (χ3v) is 3.95. The van der Waals surface area contributed by atoms with Crippen LogP contribution in [0.3, 0.4) is 0 Å². The number of rotatable bonds is 6. The van der Waals surface area contributed by atoms with E-state index >= 15 is 0 Å². The Morgan fingerprint density at radius 2 is 2.05 bits per heavy atom. The number of morpholine rings is 1. The number of nitrogens with zero attached hydrogens (tertiary/aromatic N) is 1. The van der Waals surface area contributed by atoms with Crippen molar-refractivity contribution in [1.29, 1.82) is 0 Å². The minimum atomic E-state index is -0.465. The smallest absolute Gasteiger partial charge is 0.0900 e. The van der Waals surface area contributed by atoms with Crippen LogP contribution in [0.2, 0.25) is 0 Å². The zero-order chi connectivity index (χ0) is 15.3. The molecule has 1 fully saturated rings. The summed E-state index contributed by atoms with van der Waals surface area (Å²) >= 11 is 0. The quantitative estimate of drug-likeness (QED) is 0.871. The summed E-state index contributed by atoms with van der Waals surface area (Å²) in [7, 11) is 0. The van der Waals surface area contributed by atoms with E-state index in [0.717, 1.165) is 18.7 Å². The highest BCUT2D eigenvalue weighted by Gasteiger charge is 2.31. The van der Waals surface area contributed by atoms with E-state index in [4.69, 9.17) is 9.47 Å². The van der Waals surface area contributed by atoms with E-state index in [0.29, 0.717) is 26.4 Å². The van der Waals surface area contributed by atoms with Crippen LogP contribution in [0, 0.1) is 6.92 Å². The average Bonchev–Trinajstić information content (AvgIpc) is 2.43. The highest BCUT2D eigenvalue weighted by Crippen LogP contribution is 2.19. The van der Waals surface area contributed by atoms with Crippen molar-refractivity contribution < 1.29 is 14.6 Å². The van der Waals surface area contributed by atoms with Gasteiger partial charge in [0.25, 0.3) is 0 Å². The highest BCUT2D eigenvalue weighted by atomic mass is 16.5. The second-order valence-electron chi connectivity index (χ2n) is 6.47. The summed E-state index contributed by atoms with van der Waals surface area (Å²) in [5.41, 5.74) is 2.36. The van der Waals surface area contributed by atoms with Crippen molar-refractivity contribution in [2.24, 2.45) is 0 Å². The van der Waals surface area contributed by atoms with Gasteiger partial charge in [-0.25, -0.2) is 0 Å². The zero-order valence-electron chi connectivity index (χ0n) is 13.3. The molecule has 2 rings (SSSR count). The second-order valence-corrected chi connectivity index (χ2v) is 6.47. The first-order valence-electron chi connectivity index (χ1n) is 7.61. The molecule has 4 heteroatoms. The number of aliphatic hydroxyl groups is 1. The Kier molecular flexibility index (Phi) is 5.76. The molecule has 1 unspecified atom stereocenters. The monoisotopic (exact) mass is 293 g/mol. The van der Waals surface area contributed by atoms with Gasteiger partial charge in [0.2, 0.25) is 0 Å². The molecule has 0 bridgehead atoms. The van der Waals surface area contributed by atoms with Gasteiger partial charge < -0.3 is 14.6 Å². The lowest BCUT2D eigenvalue weighted by atomic mass is 10.0. The molecule has 1 aromatic carbocycles. The van der Waals surface area contributed by atoms with Crippen molar-refractivity contribution in [2.45, 2.75) is 39.0 Å². The maximum Gasteiger partial charge on any atom is 0.0900 e. The van der Waals surface area contributed by atoms with E-state index in [9.17, 15) is 5.11 Å². The molecule has 1 aliphatic heterocycles. The topological polar surface area (TPSA) is 41.9 Å². The molecule has 0 aliphatic carbocycles. The van der Waals surface area contributed by atoms with Crippen molar-refractivity contribution in [1.82, 2.24) is 4.90 Å². The lowest BCUT2D eigenvalue weighted by Crippen LogP contribution is -2.55. The van der Waals surface area contributed by atoms with Gasteiger partial charge in [-0.1, -0.05) is 29.8 Å². The van der Waals surface area contributed by atoms with Crippen LogP contribution in [0.25, 0.3) is 0 Å². The molecule has 0 aromatic heterocycles. The van der Waals surface area contributed by atoms with Crippen LogP contribution in [0.1, 0.15) is 25.0 Å². The fraction of sp³-hybridized carbons (Fsp3) is 0.647. The van der Waals surface area contributed by atoms with Crippen LogP contribution in [0.15, 0.2) is 24.3 Å². The molecule has 1 aromatic rings.